The first-order valence-electron chi connectivity index (χ1n) is 9.68. The second-order valence-electron chi connectivity index (χ2n) is 8.57. The summed E-state index contributed by atoms with van der Waals surface area (Å²) in [6.07, 6.45) is 1.13. The lowest BCUT2D eigenvalue weighted by Gasteiger charge is -2.35. The van der Waals surface area contributed by atoms with Gasteiger partial charge in [-0.2, -0.15) is 0 Å². The van der Waals surface area contributed by atoms with Crippen LogP contribution in [0.4, 0.5) is 5.69 Å². The molecule has 1 saturated heterocycles. The largest absolute Gasteiger partial charge is 0.459 e. The molecule has 3 N–H and O–H groups in total. The molecule has 28 heavy (non-hydrogen) atoms. The van der Waals surface area contributed by atoms with Crippen LogP contribution in [0, 0.1) is 5.41 Å². The molecule has 2 amide bonds. The van der Waals surface area contributed by atoms with E-state index in [4.69, 9.17) is 10.5 Å². The maximum atomic E-state index is 13.2. The zero-order valence-electron chi connectivity index (χ0n) is 17.3. The van der Waals surface area contributed by atoms with E-state index in [1.165, 1.54) is 0 Å². The van der Waals surface area contributed by atoms with E-state index in [1.807, 2.05) is 20.8 Å². The van der Waals surface area contributed by atoms with Crippen LogP contribution in [0.5, 0.6) is 0 Å². The molecular weight excluding hydrogens is 358 g/mol. The zero-order chi connectivity index (χ0) is 21.1. The number of esters is 1. The summed E-state index contributed by atoms with van der Waals surface area (Å²) in [5.74, 6) is -1.05. The summed E-state index contributed by atoms with van der Waals surface area (Å²) in [5, 5.41) is 3.25. The van der Waals surface area contributed by atoms with Crippen molar-refractivity contribution in [1.82, 2.24) is 4.90 Å². The summed E-state index contributed by atoms with van der Waals surface area (Å²) in [6.45, 7) is 9.96. The summed E-state index contributed by atoms with van der Waals surface area (Å²) >= 11 is 0. The Morgan fingerprint density at radius 2 is 1.93 bits per heavy atom. The number of nitrogens with two attached hydrogens (primary N) is 1. The van der Waals surface area contributed by atoms with Gasteiger partial charge in [0, 0.05) is 12.2 Å². The molecule has 0 radical (unpaired) electrons. The highest BCUT2D eigenvalue weighted by Gasteiger charge is 2.40. The number of benzene rings is 1. The maximum absolute atomic E-state index is 13.2. The predicted molar refractivity (Wildman–Crippen MR) is 108 cm³/mol. The molecule has 1 fully saturated rings. The third-order valence-electron chi connectivity index (χ3n) is 4.73. The molecular formula is C21H31N3O4. The fourth-order valence-electron chi connectivity index (χ4n) is 3.33. The Bertz CT molecular complexity index is 739. The van der Waals surface area contributed by atoms with Gasteiger partial charge in [-0.3, -0.25) is 9.59 Å². The van der Waals surface area contributed by atoms with E-state index in [1.54, 1.807) is 43.0 Å². The first-order chi connectivity index (χ1) is 13.0. The van der Waals surface area contributed by atoms with E-state index >= 15 is 0 Å². The van der Waals surface area contributed by atoms with Crippen molar-refractivity contribution in [2.24, 2.45) is 11.1 Å². The van der Waals surface area contributed by atoms with Crippen LogP contribution in [0.15, 0.2) is 24.3 Å². The van der Waals surface area contributed by atoms with Crippen molar-refractivity contribution in [3.63, 3.8) is 0 Å². The molecule has 1 aliphatic rings. The lowest BCUT2D eigenvalue weighted by atomic mass is 9.85. The number of carbonyl (C=O) groups is 3. The van der Waals surface area contributed by atoms with E-state index in [2.05, 4.69) is 5.32 Å². The zero-order valence-corrected chi connectivity index (χ0v) is 17.3. The van der Waals surface area contributed by atoms with Gasteiger partial charge in [-0.25, -0.2) is 4.79 Å². The Hall–Kier alpha value is -2.57. The van der Waals surface area contributed by atoms with Crippen molar-refractivity contribution in [1.29, 1.82) is 0 Å². The molecule has 1 aliphatic heterocycles. The Kier molecular flexibility index (Phi) is 6.69. The van der Waals surface area contributed by atoms with Gasteiger partial charge in [0.1, 0.15) is 12.1 Å². The second kappa shape index (κ2) is 8.63. The number of hydrogen-bond acceptors (Lipinski definition) is 5. The number of ether oxygens (including phenoxy) is 1. The van der Waals surface area contributed by atoms with Crippen molar-refractivity contribution >= 4 is 23.5 Å². The van der Waals surface area contributed by atoms with Gasteiger partial charge in [0.15, 0.2) is 0 Å². The number of nitrogens with one attached hydrogen (secondary N) is 1. The van der Waals surface area contributed by atoms with Crippen LogP contribution in [-0.4, -0.2) is 47.4 Å². The smallest absolute Gasteiger partial charge is 0.338 e. The molecule has 1 aromatic rings. The third kappa shape index (κ3) is 5.24. The molecule has 154 valence electrons. The second-order valence-corrected chi connectivity index (χ2v) is 8.57. The molecule has 1 unspecified atom stereocenters. The average Bonchev–Trinajstić information content (AvgIpc) is 3.08. The summed E-state index contributed by atoms with van der Waals surface area (Å²) in [6, 6.07) is 5.74. The molecule has 7 heteroatoms. The molecule has 0 aliphatic carbocycles. The molecule has 7 nitrogen and oxygen atoms in total. The van der Waals surface area contributed by atoms with Gasteiger partial charge < -0.3 is 20.7 Å². The predicted octanol–water partition coefficient (Wildman–Crippen LogP) is 2.55. The lowest BCUT2D eigenvalue weighted by Crippen LogP contribution is -2.53. The first kappa shape index (κ1) is 21.7. The number of amides is 2. The van der Waals surface area contributed by atoms with Crippen LogP contribution < -0.4 is 11.1 Å². The monoisotopic (exact) mass is 389 g/mol. The van der Waals surface area contributed by atoms with Crippen LogP contribution in [0.3, 0.4) is 0 Å². The number of likely N-dealkylation sites (tertiary alicyclic amines) is 1. The van der Waals surface area contributed by atoms with E-state index in [-0.39, 0.29) is 12.0 Å². The third-order valence-corrected chi connectivity index (χ3v) is 4.73. The Morgan fingerprint density at radius 3 is 2.50 bits per heavy atom. The molecule has 0 saturated carbocycles. The van der Waals surface area contributed by atoms with Crippen molar-refractivity contribution in [2.45, 2.75) is 65.6 Å². The van der Waals surface area contributed by atoms with Gasteiger partial charge in [-0.15, -0.1) is 0 Å². The van der Waals surface area contributed by atoms with Crippen LogP contribution in [0.25, 0.3) is 0 Å². The van der Waals surface area contributed by atoms with Crippen molar-refractivity contribution < 1.29 is 19.1 Å². The molecule has 2 atom stereocenters. The molecule has 0 spiro atoms. The minimum absolute atomic E-state index is 0.163. The molecule has 0 aromatic heterocycles. The quantitative estimate of drug-likeness (QED) is 0.728. The first-order valence-corrected chi connectivity index (χ1v) is 9.68. The van der Waals surface area contributed by atoms with Gasteiger partial charge in [-0.1, -0.05) is 26.8 Å². The maximum Gasteiger partial charge on any atom is 0.338 e. The van der Waals surface area contributed by atoms with Crippen molar-refractivity contribution in [2.75, 3.05) is 11.9 Å². The minimum atomic E-state index is -0.580. The Balaban J connectivity index is 2.25. The molecule has 1 aromatic carbocycles. The molecule has 2 rings (SSSR count). The van der Waals surface area contributed by atoms with Gasteiger partial charge >= 0.3 is 5.97 Å². The lowest BCUT2D eigenvalue weighted by molar-refractivity contribution is -0.139. The number of hydrogen-bond donors (Lipinski definition) is 2. The average molecular weight is 389 g/mol. The molecule has 0 bridgehead atoms. The summed E-state index contributed by atoms with van der Waals surface area (Å²) in [4.78, 5) is 38.7. The summed E-state index contributed by atoms with van der Waals surface area (Å²) < 4.78 is 5.24. The van der Waals surface area contributed by atoms with Crippen LogP contribution in [0.1, 0.15) is 57.8 Å². The SMILES string of the molecule is CC(C)OC(=O)c1cccc(NC(C(=O)N2CCC[C@H]2C(N)=O)C(C)(C)C)c1. The highest BCUT2D eigenvalue weighted by molar-refractivity contribution is 5.93. The van der Waals surface area contributed by atoms with Gasteiger partial charge in [0.25, 0.3) is 0 Å². The van der Waals surface area contributed by atoms with Crippen LogP contribution >= 0.6 is 0 Å². The minimum Gasteiger partial charge on any atom is -0.459 e. The summed E-state index contributed by atoms with van der Waals surface area (Å²) in [7, 11) is 0. The highest BCUT2D eigenvalue weighted by atomic mass is 16.5. The van der Waals surface area contributed by atoms with Crippen LogP contribution in [0.2, 0.25) is 0 Å². The van der Waals surface area contributed by atoms with Gasteiger partial charge in [-0.05, 0) is 50.3 Å². The Labute approximate surface area is 166 Å². The van der Waals surface area contributed by atoms with Crippen molar-refractivity contribution in [3.8, 4) is 0 Å². The standard InChI is InChI=1S/C21H31N3O4/c1-13(2)28-20(27)14-8-6-9-15(12-14)23-17(21(3,4)5)19(26)24-11-7-10-16(24)18(22)25/h6,8-9,12-13,16-17,23H,7,10-11H2,1-5H3,(H2,22,25)/t16-,17?/m0/s1. The van der Waals surface area contributed by atoms with Crippen LogP contribution in [-0.2, 0) is 14.3 Å². The number of rotatable bonds is 6. The number of nitrogens with zero attached hydrogens (tertiary/aromatic N) is 1. The number of primary amides is 1. The number of carbonyl (C=O) groups excluding carboxylic acids is 3. The van der Waals surface area contributed by atoms with E-state index in [9.17, 15) is 14.4 Å². The van der Waals surface area contributed by atoms with E-state index in [0.717, 1.165) is 6.42 Å². The fourth-order valence-corrected chi connectivity index (χ4v) is 3.33. The topological polar surface area (TPSA) is 102 Å². The van der Waals surface area contributed by atoms with E-state index in [0.29, 0.717) is 24.2 Å². The Morgan fingerprint density at radius 1 is 1.25 bits per heavy atom. The highest BCUT2D eigenvalue weighted by Crippen LogP contribution is 2.28. The molecule has 1 heterocycles. The normalized spacial score (nSPS) is 18.1. The van der Waals surface area contributed by atoms with Gasteiger partial charge in [0.05, 0.1) is 11.7 Å². The van der Waals surface area contributed by atoms with E-state index < -0.39 is 29.4 Å². The van der Waals surface area contributed by atoms with Gasteiger partial charge in [0.2, 0.25) is 11.8 Å². The number of anilines is 1. The summed E-state index contributed by atoms with van der Waals surface area (Å²) in [5.41, 5.74) is 6.11. The van der Waals surface area contributed by atoms with Crippen molar-refractivity contribution in [3.05, 3.63) is 29.8 Å². The fraction of sp³-hybridized carbons (Fsp3) is 0.571.